The summed E-state index contributed by atoms with van der Waals surface area (Å²) in [5, 5.41) is 0. The molecule has 0 aliphatic rings. The Kier molecular flexibility index (Phi) is 5.61. The van der Waals surface area contributed by atoms with E-state index < -0.39 is 0 Å². The van der Waals surface area contributed by atoms with Gasteiger partial charge in [0.05, 0.1) is 0 Å². The van der Waals surface area contributed by atoms with Crippen LogP contribution in [0.4, 0.5) is 0 Å². The van der Waals surface area contributed by atoms with Crippen LogP contribution in [0.5, 0.6) is 0 Å². The molecule has 1 rings (SSSR count). The van der Waals surface area contributed by atoms with Crippen LogP contribution in [0.15, 0.2) is 29.2 Å². The number of hydrogen-bond acceptors (Lipinski definition) is 2. The predicted molar refractivity (Wildman–Crippen MR) is 71.0 cm³/mol. The van der Waals surface area contributed by atoms with Gasteiger partial charge in [0.2, 0.25) is 0 Å². The molecule has 88 valence electrons. The van der Waals surface area contributed by atoms with E-state index in [1.807, 2.05) is 11.8 Å². The van der Waals surface area contributed by atoms with Gasteiger partial charge in [0.15, 0.2) is 0 Å². The van der Waals surface area contributed by atoms with Gasteiger partial charge < -0.3 is 4.79 Å². The van der Waals surface area contributed by atoms with Gasteiger partial charge >= 0.3 is 0 Å². The largest absolute Gasteiger partial charge is 0.300 e. The minimum Gasteiger partial charge on any atom is -0.300 e. The molecule has 0 saturated carbocycles. The number of carbonyl (C=O) groups excluding carboxylic acids is 1. The van der Waals surface area contributed by atoms with Crippen molar-refractivity contribution in [1.29, 1.82) is 0 Å². The molecule has 0 aliphatic carbocycles. The first-order valence-corrected chi connectivity index (χ1v) is 6.81. The van der Waals surface area contributed by atoms with E-state index in [4.69, 9.17) is 0 Å². The summed E-state index contributed by atoms with van der Waals surface area (Å²) in [7, 11) is 0. The first-order valence-electron chi connectivity index (χ1n) is 5.83. The fourth-order valence-electron chi connectivity index (χ4n) is 1.85. The molecule has 0 heterocycles. The summed E-state index contributed by atoms with van der Waals surface area (Å²) in [5.41, 5.74) is 1.33. The average molecular weight is 236 g/mol. The van der Waals surface area contributed by atoms with Crippen molar-refractivity contribution in [2.75, 3.05) is 5.75 Å². The van der Waals surface area contributed by atoms with E-state index in [9.17, 15) is 4.79 Å². The maximum absolute atomic E-state index is 11.0. The van der Waals surface area contributed by atoms with Crippen molar-refractivity contribution in [3.63, 3.8) is 0 Å². The van der Waals surface area contributed by atoms with Crippen LogP contribution in [0.25, 0.3) is 0 Å². The predicted octanol–water partition coefficient (Wildman–Crippen LogP) is 3.96. The monoisotopic (exact) mass is 236 g/mol. The highest BCUT2D eigenvalue weighted by Crippen LogP contribution is 2.19. The van der Waals surface area contributed by atoms with Crippen LogP contribution >= 0.6 is 11.8 Å². The quantitative estimate of drug-likeness (QED) is 0.695. The van der Waals surface area contributed by atoms with E-state index >= 15 is 0 Å². The molecule has 0 N–H and O–H groups in total. The zero-order chi connectivity index (χ0) is 12.0. The van der Waals surface area contributed by atoms with Gasteiger partial charge in [0.1, 0.15) is 5.78 Å². The highest BCUT2D eigenvalue weighted by Gasteiger charge is 2.06. The molecule has 0 aliphatic heterocycles. The third-order valence-electron chi connectivity index (χ3n) is 2.45. The second-order valence-electron chi connectivity index (χ2n) is 4.29. The maximum Gasteiger partial charge on any atom is 0.130 e. The third-order valence-corrected chi connectivity index (χ3v) is 3.35. The molecule has 1 atom stereocenters. The van der Waals surface area contributed by atoms with Gasteiger partial charge in [-0.2, -0.15) is 0 Å². The van der Waals surface area contributed by atoms with Gasteiger partial charge in [-0.25, -0.2) is 0 Å². The van der Waals surface area contributed by atoms with Gasteiger partial charge in [0.25, 0.3) is 0 Å². The van der Waals surface area contributed by atoms with Gasteiger partial charge in [0, 0.05) is 11.3 Å². The Bertz CT molecular complexity index is 329. The Morgan fingerprint density at radius 2 is 1.94 bits per heavy atom. The first-order chi connectivity index (χ1) is 7.61. The number of hydrogen-bond donors (Lipinski definition) is 0. The Balaban J connectivity index is 2.51. The lowest BCUT2D eigenvalue weighted by molar-refractivity contribution is -0.117. The van der Waals surface area contributed by atoms with Crippen molar-refractivity contribution in [3.05, 3.63) is 29.8 Å². The van der Waals surface area contributed by atoms with E-state index in [1.54, 1.807) is 6.92 Å². The van der Waals surface area contributed by atoms with Crippen molar-refractivity contribution in [2.24, 2.45) is 5.92 Å². The summed E-state index contributed by atoms with van der Waals surface area (Å²) >= 11 is 1.86. The average Bonchev–Trinajstić information content (AvgIpc) is 2.20. The molecule has 0 radical (unpaired) electrons. The Morgan fingerprint density at radius 1 is 1.31 bits per heavy atom. The van der Waals surface area contributed by atoms with E-state index in [1.165, 1.54) is 10.5 Å². The lowest BCUT2D eigenvalue weighted by atomic mass is 9.97. The summed E-state index contributed by atoms with van der Waals surface area (Å²) in [6.07, 6.45) is 1.68. The molecular weight excluding hydrogens is 216 g/mol. The van der Waals surface area contributed by atoms with Crippen LogP contribution in [-0.2, 0) is 11.2 Å². The molecule has 0 fully saturated rings. The maximum atomic E-state index is 11.0. The third kappa shape index (κ3) is 4.84. The number of ketones is 1. The second-order valence-corrected chi connectivity index (χ2v) is 5.63. The minimum atomic E-state index is 0.283. The SMILES string of the molecule is CCSc1ccc(CC(C)CC(C)=O)cc1. The highest BCUT2D eigenvalue weighted by atomic mass is 32.2. The van der Waals surface area contributed by atoms with Gasteiger partial charge in [-0.1, -0.05) is 26.0 Å². The number of thioether (sulfide) groups is 1. The number of benzene rings is 1. The molecular formula is C14H20OS. The molecule has 0 saturated heterocycles. The number of carbonyl (C=O) groups is 1. The summed E-state index contributed by atoms with van der Waals surface area (Å²) in [5.74, 6) is 1.84. The minimum absolute atomic E-state index is 0.283. The molecule has 0 aromatic heterocycles. The van der Waals surface area contributed by atoms with Gasteiger partial charge in [-0.05, 0) is 42.7 Å². The van der Waals surface area contributed by atoms with Crippen LogP contribution in [0.3, 0.4) is 0 Å². The van der Waals surface area contributed by atoms with Crippen molar-refractivity contribution >= 4 is 17.5 Å². The van der Waals surface area contributed by atoms with Crippen molar-refractivity contribution in [2.45, 2.75) is 38.5 Å². The fraction of sp³-hybridized carbons (Fsp3) is 0.500. The van der Waals surface area contributed by atoms with Crippen molar-refractivity contribution in [3.8, 4) is 0 Å². The van der Waals surface area contributed by atoms with Gasteiger partial charge in [-0.15, -0.1) is 11.8 Å². The standard InChI is InChI=1S/C14H20OS/c1-4-16-14-7-5-13(6-8-14)10-11(2)9-12(3)15/h5-8,11H,4,9-10H2,1-3H3. The Morgan fingerprint density at radius 3 is 2.44 bits per heavy atom. The van der Waals surface area contributed by atoms with Crippen LogP contribution in [0.1, 0.15) is 32.8 Å². The molecule has 1 aromatic carbocycles. The molecule has 1 aromatic rings. The molecule has 16 heavy (non-hydrogen) atoms. The van der Waals surface area contributed by atoms with Crippen molar-refractivity contribution < 1.29 is 4.79 Å². The molecule has 1 unspecified atom stereocenters. The molecule has 2 heteroatoms. The Hall–Kier alpha value is -0.760. The van der Waals surface area contributed by atoms with Crippen LogP contribution in [0, 0.1) is 5.92 Å². The smallest absolute Gasteiger partial charge is 0.130 e. The Labute approximate surface area is 103 Å². The summed E-state index contributed by atoms with van der Waals surface area (Å²) < 4.78 is 0. The summed E-state index contributed by atoms with van der Waals surface area (Å²) in [4.78, 5) is 12.3. The molecule has 0 amide bonds. The zero-order valence-corrected chi connectivity index (χ0v) is 11.1. The van der Waals surface area contributed by atoms with E-state index in [0.29, 0.717) is 12.3 Å². The highest BCUT2D eigenvalue weighted by molar-refractivity contribution is 7.99. The lowest BCUT2D eigenvalue weighted by Gasteiger charge is -2.09. The van der Waals surface area contributed by atoms with Crippen molar-refractivity contribution in [1.82, 2.24) is 0 Å². The molecule has 0 bridgehead atoms. The number of Topliss-reactive ketones (excluding diaryl/α,β-unsaturated/α-hetero) is 1. The normalized spacial score (nSPS) is 12.4. The molecule has 1 nitrogen and oxygen atoms in total. The zero-order valence-electron chi connectivity index (χ0n) is 10.3. The first kappa shape index (κ1) is 13.3. The van der Waals surface area contributed by atoms with E-state index in [-0.39, 0.29) is 5.78 Å². The fourth-order valence-corrected chi connectivity index (χ4v) is 2.52. The summed E-state index contributed by atoms with van der Waals surface area (Å²) in [6.45, 7) is 5.96. The van der Waals surface area contributed by atoms with E-state index in [2.05, 4.69) is 38.1 Å². The van der Waals surface area contributed by atoms with Crippen LogP contribution in [-0.4, -0.2) is 11.5 Å². The van der Waals surface area contributed by atoms with Crippen LogP contribution in [0.2, 0.25) is 0 Å². The topological polar surface area (TPSA) is 17.1 Å². The lowest BCUT2D eigenvalue weighted by Crippen LogP contribution is -2.04. The van der Waals surface area contributed by atoms with Crippen LogP contribution < -0.4 is 0 Å². The summed E-state index contributed by atoms with van der Waals surface area (Å²) in [6, 6.07) is 8.69. The molecule has 0 spiro atoms. The van der Waals surface area contributed by atoms with Gasteiger partial charge in [-0.3, -0.25) is 0 Å². The van der Waals surface area contributed by atoms with E-state index in [0.717, 1.165) is 12.2 Å². The number of rotatable bonds is 6. The second kappa shape index (κ2) is 6.74.